The number of carboxylic acid groups (broad SMARTS) is 1. The number of hydrogen-bond acceptors (Lipinski definition) is 5. The maximum absolute atomic E-state index is 10.8. The summed E-state index contributed by atoms with van der Waals surface area (Å²) < 4.78 is 11.6. The summed E-state index contributed by atoms with van der Waals surface area (Å²) in [6.07, 6.45) is 7.10. The van der Waals surface area contributed by atoms with Crippen molar-refractivity contribution in [2.45, 2.75) is 19.3 Å². The molecule has 1 unspecified atom stereocenters. The van der Waals surface area contributed by atoms with Crippen LogP contribution in [0.2, 0.25) is 0 Å². The molecule has 4 rings (SSSR count). The maximum Gasteiger partial charge on any atom is 0.329 e. The van der Waals surface area contributed by atoms with E-state index in [-0.39, 0.29) is 12.5 Å². The standard InChI is InChI=1S/C25H30N2O4/c28-25(29)18-30-17-23-9-7-20(16-27-12-3-11-26-27)15-24(23)31-13-10-19-6-8-21-4-1-2-5-22(21)14-19/h1-2,4-8,14-15,23,26H,3,9-13,16-18H2,(H,28,29). The van der Waals surface area contributed by atoms with E-state index in [0.29, 0.717) is 13.2 Å². The Morgan fingerprint density at radius 1 is 1.19 bits per heavy atom. The number of nitrogens with zero attached hydrogens (tertiary/aromatic N) is 1. The number of aliphatic carboxylic acids is 1. The van der Waals surface area contributed by atoms with Crippen molar-refractivity contribution in [2.24, 2.45) is 5.92 Å². The first-order chi connectivity index (χ1) is 15.2. The van der Waals surface area contributed by atoms with Crippen LogP contribution in [0.4, 0.5) is 0 Å². The van der Waals surface area contributed by atoms with Crippen LogP contribution in [0.5, 0.6) is 0 Å². The first kappa shape index (κ1) is 21.6. The summed E-state index contributed by atoms with van der Waals surface area (Å²) in [6.45, 7) is 3.57. The minimum absolute atomic E-state index is 0.0474. The summed E-state index contributed by atoms with van der Waals surface area (Å²) >= 11 is 0. The highest BCUT2D eigenvalue weighted by molar-refractivity contribution is 5.82. The second kappa shape index (κ2) is 10.6. The lowest BCUT2D eigenvalue weighted by molar-refractivity contribution is -0.142. The van der Waals surface area contributed by atoms with E-state index in [0.717, 1.165) is 44.7 Å². The number of hydrogen-bond donors (Lipinski definition) is 2. The van der Waals surface area contributed by atoms with Crippen LogP contribution in [-0.4, -0.2) is 55.5 Å². The molecule has 164 valence electrons. The molecule has 2 aromatic carbocycles. The monoisotopic (exact) mass is 422 g/mol. The molecule has 2 N–H and O–H groups in total. The number of nitrogens with one attached hydrogen (secondary N) is 1. The van der Waals surface area contributed by atoms with Gasteiger partial charge in [-0.05, 0) is 40.8 Å². The Balaban J connectivity index is 1.37. The Bertz CT molecular complexity index is 963. The van der Waals surface area contributed by atoms with E-state index < -0.39 is 5.97 Å². The van der Waals surface area contributed by atoms with E-state index in [1.165, 1.54) is 21.9 Å². The quantitative estimate of drug-likeness (QED) is 0.610. The number of carboxylic acids is 1. The second-order valence-electron chi connectivity index (χ2n) is 8.13. The van der Waals surface area contributed by atoms with Crippen LogP contribution in [-0.2, 0) is 20.7 Å². The molecule has 2 aliphatic rings. The van der Waals surface area contributed by atoms with E-state index in [9.17, 15) is 4.79 Å². The molecular weight excluding hydrogens is 392 g/mol. The third-order valence-corrected chi connectivity index (χ3v) is 5.73. The Labute approximate surface area is 183 Å². The zero-order valence-electron chi connectivity index (χ0n) is 17.8. The normalized spacial score (nSPS) is 19.3. The highest BCUT2D eigenvalue weighted by Crippen LogP contribution is 2.26. The highest BCUT2D eigenvalue weighted by Gasteiger charge is 2.22. The number of rotatable bonds is 10. The van der Waals surface area contributed by atoms with Crippen LogP contribution in [0.3, 0.4) is 0 Å². The summed E-state index contributed by atoms with van der Waals surface area (Å²) in [4.78, 5) is 10.8. The van der Waals surface area contributed by atoms with E-state index in [1.807, 2.05) is 0 Å². The fourth-order valence-corrected chi connectivity index (χ4v) is 4.10. The third kappa shape index (κ3) is 6.17. The topological polar surface area (TPSA) is 71.0 Å². The van der Waals surface area contributed by atoms with Gasteiger partial charge in [-0.3, -0.25) is 5.43 Å². The predicted octanol–water partition coefficient (Wildman–Crippen LogP) is 3.54. The zero-order valence-corrected chi connectivity index (χ0v) is 17.8. The summed E-state index contributed by atoms with van der Waals surface area (Å²) in [5.74, 6) is -0.0102. The number of fused-ring (bicyclic) bond motifs is 1. The van der Waals surface area contributed by atoms with Gasteiger partial charge in [0.25, 0.3) is 0 Å². The lowest BCUT2D eigenvalue weighted by Crippen LogP contribution is -2.33. The van der Waals surface area contributed by atoms with E-state index in [4.69, 9.17) is 14.6 Å². The van der Waals surface area contributed by atoms with Gasteiger partial charge in [-0.25, -0.2) is 9.80 Å². The van der Waals surface area contributed by atoms with Crippen molar-refractivity contribution >= 4 is 16.7 Å². The average Bonchev–Trinajstić information content (AvgIpc) is 3.28. The number of benzene rings is 2. The first-order valence-electron chi connectivity index (χ1n) is 11.0. The summed E-state index contributed by atoms with van der Waals surface area (Å²) in [6, 6.07) is 14.9. The SMILES string of the molecule is O=C(O)COCC1CC=C(CN2CCCN2)C=C1OCCc1ccc2ccccc2c1. The zero-order chi connectivity index (χ0) is 21.5. The van der Waals surface area contributed by atoms with Gasteiger partial charge in [0.2, 0.25) is 0 Å². The summed E-state index contributed by atoms with van der Waals surface area (Å²) in [5, 5.41) is 13.6. The lowest BCUT2D eigenvalue weighted by Gasteiger charge is -2.26. The molecule has 6 nitrogen and oxygen atoms in total. The van der Waals surface area contributed by atoms with E-state index in [2.05, 4.69) is 65.1 Å². The van der Waals surface area contributed by atoms with Crippen molar-refractivity contribution < 1.29 is 19.4 Å². The van der Waals surface area contributed by atoms with Crippen molar-refractivity contribution in [3.63, 3.8) is 0 Å². The predicted molar refractivity (Wildman–Crippen MR) is 121 cm³/mol. The van der Waals surface area contributed by atoms with Gasteiger partial charge in [-0.1, -0.05) is 48.5 Å². The van der Waals surface area contributed by atoms with E-state index in [1.54, 1.807) is 0 Å². The molecule has 1 heterocycles. The molecule has 1 aliphatic heterocycles. The minimum Gasteiger partial charge on any atom is -0.497 e. The molecule has 0 spiro atoms. The van der Waals surface area contributed by atoms with Crippen molar-refractivity contribution in [1.82, 2.24) is 10.4 Å². The van der Waals surface area contributed by atoms with Gasteiger partial charge in [0.15, 0.2) is 0 Å². The van der Waals surface area contributed by atoms with Crippen LogP contribution < -0.4 is 5.43 Å². The second-order valence-corrected chi connectivity index (χ2v) is 8.13. The summed E-state index contributed by atoms with van der Waals surface area (Å²) in [7, 11) is 0. The van der Waals surface area contributed by atoms with Gasteiger partial charge in [0, 0.05) is 32.0 Å². The molecule has 0 amide bonds. The van der Waals surface area contributed by atoms with Crippen LogP contribution >= 0.6 is 0 Å². The highest BCUT2D eigenvalue weighted by atomic mass is 16.5. The fraction of sp³-hybridized carbons (Fsp3) is 0.400. The van der Waals surface area contributed by atoms with Crippen LogP contribution in [0, 0.1) is 5.92 Å². The molecule has 0 saturated carbocycles. The van der Waals surface area contributed by atoms with Gasteiger partial charge < -0.3 is 14.6 Å². The van der Waals surface area contributed by atoms with Crippen molar-refractivity contribution in [3.8, 4) is 0 Å². The molecule has 0 aromatic heterocycles. The van der Waals surface area contributed by atoms with Gasteiger partial charge in [0.1, 0.15) is 12.4 Å². The molecular formula is C25H30N2O4. The average molecular weight is 423 g/mol. The number of carbonyl (C=O) groups is 1. The van der Waals surface area contributed by atoms with E-state index >= 15 is 0 Å². The Hall–Kier alpha value is -2.67. The number of ether oxygens (including phenoxy) is 2. The third-order valence-electron chi connectivity index (χ3n) is 5.73. The first-order valence-corrected chi connectivity index (χ1v) is 11.0. The molecule has 1 saturated heterocycles. The molecule has 2 aromatic rings. The smallest absolute Gasteiger partial charge is 0.329 e. The largest absolute Gasteiger partial charge is 0.497 e. The van der Waals surface area contributed by atoms with Crippen LogP contribution in [0.25, 0.3) is 10.8 Å². The Morgan fingerprint density at radius 3 is 2.87 bits per heavy atom. The lowest BCUT2D eigenvalue weighted by atomic mass is 9.95. The van der Waals surface area contributed by atoms with Gasteiger partial charge in [0.05, 0.1) is 13.2 Å². The molecule has 1 aliphatic carbocycles. The van der Waals surface area contributed by atoms with Crippen molar-refractivity contribution in [2.75, 3.05) is 39.5 Å². The van der Waals surface area contributed by atoms with Gasteiger partial charge in [-0.15, -0.1) is 0 Å². The minimum atomic E-state index is -0.949. The van der Waals surface area contributed by atoms with Gasteiger partial charge >= 0.3 is 5.97 Å². The van der Waals surface area contributed by atoms with Crippen molar-refractivity contribution in [1.29, 1.82) is 0 Å². The fourth-order valence-electron chi connectivity index (χ4n) is 4.10. The van der Waals surface area contributed by atoms with Crippen molar-refractivity contribution in [3.05, 3.63) is 71.5 Å². The molecule has 1 atom stereocenters. The molecule has 1 fully saturated rings. The maximum atomic E-state index is 10.8. The molecule has 0 bridgehead atoms. The summed E-state index contributed by atoms with van der Waals surface area (Å²) in [5.41, 5.74) is 5.86. The molecule has 6 heteroatoms. The van der Waals surface area contributed by atoms with Gasteiger partial charge in [-0.2, -0.15) is 0 Å². The molecule has 31 heavy (non-hydrogen) atoms. The van der Waals surface area contributed by atoms with Crippen LogP contribution in [0.1, 0.15) is 18.4 Å². The van der Waals surface area contributed by atoms with Crippen LogP contribution in [0.15, 0.2) is 65.9 Å². The Kier molecular flexibility index (Phi) is 7.35. The molecule has 0 radical (unpaired) electrons. The number of hydrazine groups is 1. The Morgan fingerprint density at radius 2 is 2.06 bits per heavy atom. The number of allylic oxidation sites excluding steroid dienone is 1.